The molecule has 0 unspecified atom stereocenters. The highest BCUT2D eigenvalue weighted by Crippen LogP contribution is 2.20. The fourth-order valence-electron chi connectivity index (χ4n) is 2.04. The second kappa shape index (κ2) is 5.06. The van der Waals surface area contributed by atoms with Crippen molar-refractivity contribution in [2.24, 2.45) is 0 Å². The van der Waals surface area contributed by atoms with E-state index >= 15 is 0 Å². The lowest BCUT2D eigenvalue weighted by molar-refractivity contribution is 0.310. The number of nitrogens with one attached hydrogen (secondary N) is 1. The predicted molar refractivity (Wildman–Crippen MR) is 67.4 cm³/mol. The maximum atomic E-state index is 12.5. The molecule has 1 aromatic rings. The Hall–Kier alpha value is -1.42. The van der Waals surface area contributed by atoms with Gasteiger partial charge in [-0.2, -0.15) is 9.57 Å². The first-order valence-electron chi connectivity index (χ1n) is 5.78. The summed E-state index contributed by atoms with van der Waals surface area (Å²) in [4.78, 5) is 0.0987. The third-order valence-electron chi connectivity index (χ3n) is 2.96. The van der Waals surface area contributed by atoms with Crippen molar-refractivity contribution in [3.8, 4) is 6.07 Å². The van der Waals surface area contributed by atoms with Crippen LogP contribution in [-0.2, 0) is 10.0 Å². The molecule has 5 nitrogen and oxygen atoms in total. The van der Waals surface area contributed by atoms with Gasteiger partial charge in [0.25, 0.3) is 0 Å². The summed E-state index contributed by atoms with van der Waals surface area (Å²) < 4.78 is 26.4. The molecule has 96 valence electrons. The Labute approximate surface area is 107 Å². The van der Waals surface area contributed by atoms with Crippen LogP contribution >= 0.6 is 0 Å². The number of benzene rings is 1. The maximum absolute atomic E-state index is 12.5. The lowest BCUT2D eigenvalue weighted by Gasteiger charge is -2.31. The second-order valence-corrected chi connectivity index (χ2v) is 6.23. The van der Waals surface area contributed by atoms with Gasteiger partial charge >= 0.3 is 0 Å². The third-order valence-corrected chi connectivity index (χ3v) is 4.88. The van der Waals surface area contributed by atoms with Gasteiger partial charge in [-0.15, -0.1) is 0 Å². The molecule has 0 bridgehead atoms. The molecule has 0 radical (unpaired) electrons. The number of nitrogens with zero attached hydrogens (tertiary/aromatic N) is 2. The molecule has 1 fully saturated rings. The Morgan fingerprint density at radius 3 is 2.83 bits per heavy atom. The molecule has 18 heavy (non-hydrogen) atoms. The average molecular weight is 265 g/mol. The third kappa shape index (κ3) is 2.38. The van der Waals surface area contributed by atoms with Crippen LogP contribution in [0.25, 0.3) is 0 Å². The van der Waals surface area contributed by atoms with Crippen LogP contribution in [0.3, 0.4) is 0 Å². The Kier molecular flexibility index (Phi) is 3.66. The SMILES string of the molecule is C[C@H]1CN(S(=O)(=O)c2ccccc2C#N)CCN1. The highest BCUT2D eigenvalue weighted by Gasteiger charge is 2.29. The number of piperazine rings is 1. The van der Waals surface area contributed by atoms with Crippen LogP contribution in [0.2, 0.25) is 0 Å². The lowest BCUT2D eigenvalue weighted by Crippen LogP contribution is -2.51. The molecule has 1 heterocycles. The van der Waals surface area contributed by atoms with Crippen molar-refractivity contribution < 1.29 is 8.42 Å². The Morgan fingerprint density at radius 1 is 1.44 bits per heavy atom. The summed E-state index contributed by atoms with van der Waals surface area (Å²) in [6.07, 6.45) is 0. The maximum Gasteiger partial charge on any atom is 0.244 e. The minimum absolute atomic E-state index is 0.0987. The molecule has 0 spiro atoms. The number of hydrogen-bond acceptors (Lipinski definition) is 4. The lowest BCUT2D eigenvalue weighted by atomic mass is 10.2. The predicted octanol–water partition coefficient (Wildman–Crippen LogP) is 0.541. The van der Waals surface area contributed by atoms with Crippen LogP contribution in [0.1, 0.15) is 12.5 Å². The first-order chi connectivity index (χ1) is 8.55. The standard InChI is InChI=1S/C12H15N3O2S/c1-10-9-15(7-6-14-10)18(16,17)12-5-3-2-4-11(12)8-13/h2-5,10,14H,6-7,9H2,1H3/t10-/m0/s1. The molecular formula is C12H15N3O2S. The molecule has 1 N–H and O–H groups in total. The summed E-state index contributed by atoms with van der Waals surface area (Å²) in [5.74, 6) is 0. The van der Waals surface area contributed by atoms with Crippen molar-refractivity contribution in [3.63, 3.8) is 0 Å². The zero-order chi connectivity index (χ0) is 13.2. The van der Waals surface area contributed by atoms with Gasteiger partial charge in [-0.25, -0.2) is 8.42 Å². The quantitative estimate of drug-likeness (QED) is 0.847. The van der Waals surface area contributed by atoms with Crippen LogP contribution in [0.4, 0.5) is 0 Å². The van der Waals surface area contributed by atoms with E-state index in [9.17, 15) is 8.42 Å². The highest BCUT2D eigenvalue weighted by atomic mass is 32.2. The fourth-order valence-corrected chi connectivity index (χ4v) is 3.71. The normalized spacial score (nSPS) is 21.4. The molecule has 1 aliphatic heterocycles. The van der Waals surface area contributed by atoms with Crippen molar-refractivity contribution in [2.45, 2.75) is 17.9 Å². The molecule has 2 rings (SSSR count). The van der Waals surface area contributed by atoms with Crippen LogP contribution in [0.15, 0.2) is 29.2 Å². The van der Waals surface area contributed by atoms with E-state index in [1.165, 1.54) is 16.4 Å². The molecule has 1 aromatic carbocycles. The van der Waals surface area contributed by atoms with E-state index in [4.69, 9.17) is 5.26 Å². The van der Waals surface area contributed by atoms with Gasteiger partial charge in [0.2, 0.25) is 10.0 Å². The molecule has 1 atom stereocenters. The molecular weight excluding hydrogens is 250 g/mol. The van der Waals surface area contributed by atoms with E-state index in [0.717, 1.165) is 0 Å². The summed E-state index contributed by atoms with van der Waals surface area (Å²) in [6.45, 7) is 3.45. The largest absolute Gasteiger partial charge is 0.312 e. The smallest absolute Gasteiger partial charge is 0.244 e. The minimum Gasteiger partial charge on any atom is -0.312 e. The Balaban J connectivity index is 2.39. The monoisotopic (exact) mass is 265 g/mol. The molecule has 0 amide bonds. The van der Waals surface area contributed by atoms with Crippen LogP contribution in [0.5, 0.6) is 0 Å². The van der Waals surface area contributed by atoms with E-state index in [1.54, 1.807) is 12.1 Å². The zero-order valence-electron chi connectivity index (χ0n) is 10.1. The van der Waals surface area contributed by atoms with Crippen molar-refractivity contribution in [3.05, 3.63) is 29.8 Å². The van der Waals surface area contributed by atoms with Crippen molar-refractivity contribution in [1.29, 1.82) is 5.26 Å². The highest BCUT2D eigenvalue weighted by molar-refractivity contribution is 7.89. The van der Waals surface area contributed by atoms with Crippen LogP contribution in [-0.4, -0.2) is 38.4 Å². The topological polar surface area (TPSA) is 73.2 Å². The van der Waals surface area contributed by atoms with Crippen LogP contribution < -0.4 is 5.32 Å². The van der Waals surface area contributed by atoms with Gasteiger partial charge in [0, 0.05) is 25.7 Å². The molecule has 6 heteroatoms. The van der Waals surface area contributed by atoms with Gasteiger partial charge in [0.05, 0.1) is 10.5 Å². The summed E-state index contributed by atoms with van der Waals surface area (Å²) in [5, 5.41) is 12.2. The summed E-state index contributed by atoms with van der Waals surface area (Å²) >= 11 is 0. The van der Waals surface area contributed by atoms with E-state index in [0.29, 0.717) is 19.6 Å². The minimum atomic E-state index is -3.57. The van der Waals surface area contributed by atoms with E-state index in [2.05, 4.69) is 5.32 Å². The van der Waals surface area contributed by atoms with Crippen molar-refractivity contribution in [1.82, 2.24) is 9.62 Å². The van der Waals surface area contributed by atoms with Gasteiger partial charge in [-0.1, -0.05) is 12.1 Å². The molecule has 0 aliphatic carbocycles. The molecule has 0 saturated carbocycles. The van der Waals surface area contributed by atoms with Crippen molar-refractivity contribution >= 4 is 10.0 Å². The van der Waals surface area contributed by atoms with E-state index in [-0.39, 0.29) is 16.5 Å². The Bertz CT molecular complexity index is 577. The Morgan fingerprint density at radius 2 is 2.17 bits per heavy atom. The molecule has 0 aromatic heterocycles. The molecule has 1 aliphatic rings. The number of rotatable bonds is 2. The summed E-state index contributed by atoms with van der Waals surface area (Å²) in [7, 11) is -3.57. The van der Waals surface area contributed by atoms with Gasteiger partial charge in [-0.05, 0) is 19.1 Å². The first-order valence-corrected chi connectivity index (χ1v) is 7.22. The second-order valence-electron chi connectivity index (χ2n) is 4.33. The molecule has 1 saturated heterocycles. The van der Waals surface area contributed by atoms with Crippen LogP contribution in [0, 0.1) is 11.3 Å². The van der Waals surface area contributed by atoms with Gasteiger partial charge in [0.1, 0.15) is 6.07 Å². The van der Waals surface area contributed by atoms with E-state index in [1.807, 2.05) is 13.0 Å². The van der Waals surface area contributed by atoms with Gasteiger partial charge < -0.3 is 5.32 Å². The number of hydrogen-bond donors (Lipinski definition) is 1. The average Bonchev–Trinajstić information content (AvgIpc) is 2.38. The fraction of sp³-hybridized carbons (Fsp3) is 0.417. The number of nitriles is 1. The summed E-state index contributed by atoms with van der Waals surface area (Å²) in [5.41, 5.74) is 0.198. The van der Waals surface area contributed by atoms with Gasteiger partial charge in [-0.3, -0.25) is 0 Å². The first kappa shape index (κ1) is 13.0. The zero-order valence-corrected chi connectivity index (χ0v) is 10.9. The van der Waals surface area contributed by atoms with Gasteiger partial charge in [0.15, 0.2) is 0 Å². The van der Waals surface area contributed by atoms with E-state index < -0.39 is 10.0 Å². The number of sulfonamides is 1. The van der Waals surface area contributed by atoms with Crippen molar-refractivity contribution in [2.75, 3.05) is 19.6 Å². The summed E-state index contributed by atoms with van der Waals surface area (Å²) in [6, 6.07) is 8.37.